The largest absolute Gasteiger partial charge is 0.481 e. The average molecular weight is 323 g/mol. The van der Waals surface area contributed by atoms with Crippen molar-refractivity contribution in [3.63, 3.8) is 0 Å². The second-order valence-electron chi connectivity index (χ2n) is 5.57. The number of aliphatic carboxylic acids is 1. The van der Waals surface area contributed by atoms with Crippen LogP contribution >= 0.6 is 0 Å². The van der Waals surface area contributed by atoms with E-state index in [0.29, 0.717) is 26.2 Å². The number of aliphatic hydroxyl groups is 1. The third-order valence-corrected chi connectivity index (χ3v) is 3.62. The van der Waals surface area contributed by atoms with Crippen molar-refractivity contribution in [1.29, 1.82) is 0 Å². The van der Waals surface area contributed by atoms with Crippen molar-refractivity contribution in [1.82, 2.24) is 19.8 Å². The smallest absolute Gasteiger partial charge is 0.303 e. The molecular weight excluding hydrogens is 302 g/mol. The van der Waals surface area contributed by atoms with Crippen LogP contribution < -0.4 is 5.73 Å². The Morgan fingerprint density at radius 1 is 1.22 bits per heavy atom. The Hall–Kier alpha value is -2.26. The Bertz CT molecular complexity index is 551. The summed E-state index contributed by atoms with van der Waals surface area (Å²) in [4.78, 5) is 33.9. The van der Waals surface area contributed by atoms with E-state index in [0.717, 1.165) is 5.56 Å². The molecule has 4 N–H and O–H groups in total. The van der Waals surface area contributed by atoms with Crippen LogP contribution in [0.5, 0.6) is 0 Å². The van der Waals surface area contributed by atoms with Gasteiger partial charge in [-0.2, -0.15) is 0 Å². The van der Waals surface area contributed by atoms with Crippen LogP contribution in [-0.2, 0) is 16.1 Å². The first kappa shape index (κ1) is 17.1. The molecule has 0 aliphatic carbocycles. The van der Waals surface area contributed by atoms with Gasteiger partial charge < -0.3 is 20.8 Å². The molecule has 9 heteroatoms. The standard InChI is InChI=1S/C14H21N5O4/c15-14-16-5-10(6-17-14)7-18-3-4-19(9-11(20)8-18)12(21)1-2-13(22)23/h5-6,11,20H,1-4,7-9H2,(H,22,23)(H2,15,16,17)/t11-/m0/s1. The maximum absolute atomic E-state index is 12.0. The van der Waals surface area contributed by atoms with E-state index < -0.39 is 12.1 Å². The van der Waals surface area contributed by atoms with E-state index in [1.165, 1.54) is 4.90 Å². The lowest BCUT2D eigenvalue weighted by Crippen LogP contribution is -2.37. The number of hydrogen-bond acceptors (Lipinski definition) is 7. The van der Waals surface area contributed by atoms with Gasteiger partial charge in [-0.3, -0.25) is 14.5 Å². The van der Waals surface area contributed by atoms with Gasteiger partial charge in [0.15, 0.2) is 0 Å². The predicted molar refractivity (Wildman–Crippen MR) is 81.2 cm³/mol. The molecule has 1 saturated heterocycles. The summed E-state index contributed by atoms with van der Waals surface area (Å²) in [6, 6.07) is 0. The number of nitrogens with two attached hydrogens (primary N) is 1. The number of nitrogens with zero attached hydrogens (tertiary/aromatic N) is 4. The number of nitrogen functional groups attached to an aromatic ring is 1. The predicted octanol–water partition coefficient (Wildman–Crippen LogP) is -1.07. The summed E-state index contributed by atoms with van der Waals surface area (Å²) in [7, 11) is 0. The Kier molecular flexibility index (Phi) is 5.83. The third-order valence-electron chi connectivity index (χ3n) is 3.62. The monoisotopic (exact) mass is 323 g/mol. The zero-order chi connectivity index (χ0) is 16.8. The number of carboxylic acids is 1. The van der Waals surface area contributed by atoms with E-state index in [9.17, 15) is 14.7 Å². The zero-order valence-electron chi connectivity index (χ0n) is 12.8. The number of aromatic nitrogens is 2. The lowest BCUT2D eigenvalue weighted by molar-refractivity contribution is -0.141. The van der Waals surface area contributed by atoms with Crippen LogP contribution in [0.4, 0.5) is 5.95 Å². The third kappa shape index (κ3) is 5.46. The fourth-order valence-electron chi connectivity index (χ4n) is 2.50. The van der Waals surface area contributed by atoms with Gasteiger partial charge in [0.2, 0.25) is 11.9 Å². The van der Waals surface area contributed by atoms with E-state index in [1.807, 2.05) is 4.90 Å². The molecule has 1 aromatic heterocycles. The van der Waals surface area contributed by atoms with Gasteiger partial charge >= 0.3 is 5.97 Å². The van der Waals surface area contributed by atoms with Crippen LogP contribution in [0.1, 0.15) is 18.4 Å². The molecule has 2 heterocycles. The van der Waals surface area contributed by atoms with Gasteiger partial charge in [0.05, 0.1) is 12.5 Å². The van der Waals surface area contributed by atoms with Gasteiger partial charge in [-0.05, 0) is 0 Å². The van der Waals surface area contributed by atoms with Crippen molar-refractivity contribution < 1.29 is 19.8 Å². The first-order chi connectivity index (χ1) is 10.9. The topological polar surface area (TPSA) is 133 Å². The molecule has 1 amide bonds. The molecule has 23 heavy (non-hydrogen) atoms. The van der Waals surface area contributed by atoms with Crippen molar-refractivity contribution in [3.05, 3.63) is 18.0 Å². The summed E-state index contributed by atoms with van der Waals surface area (Å²) in [5, 5.41) is 18.7. The molecule has 0 bridgehead atoms. The molecule has 0 aromatic carbocycles. The lowest BCUT2D eigenvalue weighted by atomic mass is 10.2. The highest BCUT2D eigenvalue weighted by molar-refractivity contribution is 5.80. The van der Waals surface area contributed by atoms with E-state index in [-0.39, 0.29) is 31.2 Å². The first-order valence-electron chi connectivity index (χ1n) is 7.40. The van der Waals surface area contributed by atoms with Crippen LogP contribution in [0.15, 0.2) is 12.4 Å². The molecule has 0 saturated carbocycles. The number of aliphatic hydroxyl groups excluding tert-OH is 1. The minimum atomic E-state index is -1.00. The summed E-state index contributed by atoms with van der Waals surface area (Å²) in [6.45, 7) is 2.22. The number of carbonyl (C=O) groups is 2. The van der Waals surface area contributed by atoms with Crippen LogP contribution in [0, 0.1) is 0 Å². The van der Waals surface area contributed by atoms with Gasteiger partial charge in [0.25, 0.3) is 0 Å². The minimum absolute atomic E-state index is 0.0478. The summed E-state index contributed by atoms with van der Waals surface area (Å²) in [6.07, 6.45) is 2.34. The highest BCUT2D eigenvalue weighted by Crippen LogP contribution is 2.10. The van der Waals surface area contributed by atoms with E-state index >= 15 is 0 Å². The quantitative estimate of drug-likeness (QED) is 0.624. The number of carboxylic acid groups (broad SMARTS) is 1. The lowest BCUT2D eigenvalue weighted by Gasteiger charge is -2.21. The maximum atomic E-state index is 12.0. The van der Waals surface area contributed by atoms with Crippen LogP contribution in [0.25, 0.3) is 0 Å². The zero-order valence-corrected chi connectivity index (χ0v) is 12.8. The number of carbonyl (C=O) groups excluding carboxylic acids is 1. The average Bonchev–Trinajstić information content (AvgIpc) is 2.68. The first-order valence-corrected chi connectivity index (χ1v) is 7.40. The van der Waals surface area contributed by atoms with Crippen molar-refractivity contribution in [3.8, 4) is 0 Å². The Morgan fingerprint density at radius 3 is 2.57 bits per heavy atom. The molecule has 126 valence electrons. The van der Waals surface area contributed by atoms with E-state index in [4.69, 9.17) is 10.8 Å². The molecule has 2 rings (SSSR count). The van der Waals surface area contributed by atoms with Crippen molar-refractivity contribution in [2.24, 2.45) is 0 Å². The molecule has 1 aliphatic heterocycles. The van der Waals surface area contributed by atoms with Crippen molar-refractivity contribution in [2.75, 3.05) is 31.9 Å². The highest BCUT2D eigenvalue weighted by atomic mass is 16.4. The SMILES string of the molecule is Nc1ncc(CN2CCN(C(=O)CCC(=O)O)C[C@@H](O)C2)cn1. The Morgan fingerprint density at radius 2 is 1.91 bits per heavy atom. The fourth-order valence-corrected chi connectivity index (χ4v) is 2.50. The minimum Gasteiger partial charge on any atom is -0.481 e. The van der Waals surface area contributed by atoms with Gasteiger partial charge in [-0.15, -0.1) is 0 Å². The second kappa shape index (κ2) is 7.84. The van der Waals surface area contributed by atoms with Gasteiger partial charge in [-0.25, -0.2) is 9.97 Å². The van der Waals surface area contributed by atoms with Gasteiger partial charge in [0.1, 0.15) is 0 Å². The summed E-state index contributed by atoms with van der Waals surface area (Å²) in [5.41, 5.74) is 6.32. The Balaban J connectivity index is 1.90. The molecule has 0 spiro atoms. The van der Waals surface area contributed by atoms with Crippen LogP contribution in [-0.4, -0.2) is 74.1 Å². The number of rotatable bonds is 5. The van der Waals surface area contributed by atoms with E-state index in [1.54, 1.807) is 12.4 Å². The molecule has 0 unspecified atom stereocenters. The van der Waals surface area contributed by atoms with Crippen LogP contribution in [0.2, 0.25) is 0 Å². The molecule has 1 aliphatic rings. The maximum Gasteiger partial charge on any atom is 0.303 e. The number of anilines is 1. The van der Waals surface area contributed by atoms with Crippen molar-refractivity contribution in [2.45, 2.75) is 25.5 Å². The summed E-state index contributed by atoms with van der Waals surface area (Å²) < 4.78 is 0. The molecule has 0 radical (unpaired) electrons. The Labute approximate surface area is 133 Å². The second-order valence-corrected chi connectivity index (χ2v) is 5.57. The highest BCUT2D eigenvalue weighted by Gasteiger charge is 2.24. The fraction of sp³-hybridized carbons (Fsp3) is 0.571. The summed E-state index contributed by atoms with van der Waals surface area (Å²) in [5.74, 6) is -1.04. The molecule has 1 fully saturated rings. The van der Waals surface area contributed by atoms with Crippen molar-refractivity contribution >= 4 is 17.8 Å². The summed E-state index contributed by atoms with van der Waals surface area (Å²) >= 11 is 0. The number of β-amino-alcohol motifs (C(OH)–C–C–N with tert-alkyl or cyclic N) is 1. The molecular formula is C14H21N5O4. The van der Waals surface area contributed by atoms with Gasteiger partial charge in [-0.1, -0.05) is 0 Å². The molecule has 9 nitrogen and oxygen atoms in total. The normalized spacial score (nSPS) is 19.3. The molecule has 1 atom stereocenters. The van der Waals surface area contributed by atoms with E-state index in [2.05, 4.69) is 9.97 Å². The van der Waals surface area contributed by atoms with Crippen LogP contribution in [0.3, 0.4) is 0 Å². The number of amides is 1. The van der Waals surface area contributed by atoms with Gasteiger partial charge in [0, 0.05) is 57.1 Å². The number of hydrogen-bond donors (Lipinski definition) is 3. The molecule has 1 aromatic rings.